The van der Waals surface area contributed by atoms with E-state index in [2.05, 4.69) is 42.5 Å². The molecule has 4 aromatic rings. The molecule has 6 heteroatoms. The molecule has 0 saturated carbocycles. The molecule has 184 valence electrons. The van der Waals surface area contributed by atoms with Gasteiger partial charge in [-0.1, -0.05) is 96.6 Å². The van der Waals surface area contributed by atoms with Gasteiger partial charge in [0, 0.05) is 24.0 Å². The first-order valence-electron chi connectivity index (χ1n) is 12.2. The van der Waals surface area contributed by atoms with E-state index in [-0.39, 0.29) is 47.1 Å². The Kier molecular flexibility index (Phi) is 10.3. The summed E-state index contributed by atoms with van der Waals surface area (Å²) in [5, 5.41) is 19.6. The number of hydrogen-bond acceptors (Lipinski definition) is 4. The molecule has 1 aliphatic rings. The molecule has 2 atom stereocenters. The van der Waals surface area contributed by atoms with Crippen LogP contribution in [0.25, 0.3) is 22.6 Å². The minimum atomic E-state index is -0.833. The first-order chi connectivity index (χ1) is 17.4. The molecule has 0 bridgehead atoms. The minimum absolute atomic E-state index is 0. The summed E-state index contributed by atoms with van der Waals surface area (Å²) in [6, 6.07) is 26.0. The molecule has 1 aliphatic carbocycles. The normalized spacial score (nSPS) is 16.3. The van der Waals surface area contributed by atoms with Gasteiger partial charge in [-0.05, 0) is 37.7 Å². The number of aliphatic carboxylic acids is 1. The van der Waals surface area contributed by atoms with Crippen LogP contribution in [0, 0.1) is 12.8 Å². The first-order valence-corrected chi connectivity index (χ1v) is 12.2. The summed E-state index contributed by atoms with van der Waals surface area (Å²) in [5.74, 6) is 1.29. The molecule has 0 spiro atoms. The van der Waals surface area contributed by atoms with E-state index in [9.17, 15) is 5.11 Å². The Labute approximate surface area is 240 Å². The molecule has 0 fully saturated rings. The number of oxazole rings is 1. The number of nitrogens with zero attached hydrogens (tertiary/aromatic N) is 1. The van der Waals surface area contributed by atoms with Crippen molar-refractivity contribution in [3.63, 3.8) is 0 Å². The van der Waals surface area contributed by atoms with Crippen LogP contribution >= 0.6 is 0 Å². The smallest absolute Gasteiger partial charge is 0.872 e. The van der Waals surface area contributed by atoms with Crippen molar-refractivity contribution in [3.05, 3.63) is 108 Å². The monoisotopic (exact) mass is 503 g/mol. The molecule has 37 heavy (non-hydrogen) atoms. The van der Waals surface area contributed by atoms with Gasteiger partial charge in [0.1, 0.15) is 5.69 Å². The van der Waals surface area contributed by atoms with E-state index >= 15 is 0 Å². The quantitative estimate of drug-likeness (QED) is 0.331. The molecule has 3 aromatic carbocycles. The minimum Gasteiger partial charge on any atom is -0.872 e. The molecule has 0 saturated heterocycles. The Morgan fingerprint density at radius 1 is 1.00 bits per heavy atom. The molecular weight excluding hydrogens is 473 g/mol. The van der Waals surface area contributed by atoms with E-state index in [1.165, 1.54) is 0 Å². The number of rotatable bonds is 5. The number of benzene rings is 3. The van der Waals surface area contributed by atoms with Crippen molar-refractivity contribution in [2.45, 2.75) is 39.0 Å². The second-order valence-electron chi connectivity index (χ2n) is 9.00. The fraction of sp³-hybridized carbons (Fsp3) is 0.226. The zero-order valence-electron chi connectivity index (χ0n) is 21.6. The van der Waals surface area contributed by atoms with E-state index in [1.54, 1.807) is 6.07 Å². The Hall–Kier alpha value is -3.12. The van der Waals surface area contributed by atoms with Crippen LogP contribution in [0.2, 0.25) is 0 Å². The molecule has 0 radical (unpaired) electrons. The maximum Gasteiger partial charge on any atom is 1.00 e. The summed E-state index contributed by atoms with van der Waals surface area (Å²) in [4.78, 5) is 14.1. The van der Waals surface area contributed by atoms with Crippen LogP contribution in [0.15, 0.2) is 95.4 Å². The van der Waals surface area contributed by atoms with Crippen LogP contribution in [-0.4, -0.2) is 16.1 Å². The van der Waals surface area contributed by atoms with Gasteiger partial charge in [0.15, 0.2) is 11.7 Å². The zero-order chi connectivity index (χ0) is 25.5. The summed E-state index contributed by atoms with van der Waals surface area (Å²) in [6.07, 6.45) is 7.33. The number of carboxylic acid groups (broad SMARTS) is 1. The van der Waals surface area contributed by atoms with Crippen molar-refractivity contribution >= 4 is 5.97 Å². The van der Waals surface area contributed by atoms with E-state index in [1.807, 2.05) is 49.4 Å². The average molecular weight is 504 g/mol. The van der Waals surface area contributed by atoms with E-state index < -0.39 is 5.97 Å². The maximum atomic E-state index is 12.1. The summed E-state index contributed by atoms with van der Waals surface area (Å²) in [5.41, 5.74) is 4.92. The van der Waals surface area contributed by atoms with E-state index in [0.717, 1.165) is 65.8 Å². The van der Waals surface area contributed by atoms with Gasteiger partial charge in [-0.2, -0.15) is 0 Å². The predicted octanol–water partition coefficient (Wildman–Crippen LogP) is 3.78. The van der Waals surface area contributed by atoms with Gasteiger partial charge in [0.25, 0.3) is 5.97 Å². The van der Waals surface area contributed by atoms with Crippen molar-refractivity contribution in [1.29, 1.82) is 0 Å². The van der Waals surface area contributed by atoms with Crippen molar-refractivity contribution in [2.75, 3.05) is 0 Å². The van der Waals surface area contributed by atoms with Gasteiger partial charge in [0.05, 0.1) is 0 Å². The third kappa shape index (κ3) is 7.22. The molecule has 1 N–H and O–H groups in total. The Bertz CT molecular complexity index is 1270. The number of hydrogen-bond donors (Lipinski definition) is 1. The third-order valence-corrected chi connectivity index (χ3v) is 6.44. The van der Waals surface area contributed by atoms with Crippen LogP contribution < -0.4 is 34.7 Å². The topological polar surface area (TPSA) is 86.4 Å². The average Bonchev–Trinajstić information content (AvgIpc) is 3.33. The molecule has 0 amide bonds. The molecule has 5 rings (SSSR count). The van der Waals surface area contributed by atoms with Gasteiger partial charge in [0.2, 0.25) is 0 Å². The van der Waals surface area contributed by atoms with Crippen molar-refractivity contribution in [1.82, 2.24) is 4.98 Å². The van der Waals surface area contributed by atoms with Crippen LogP contribution in [0.5, 0.6) is 5.75 Å². The van der Waals surface area contributed by atoms with Crippen LogP contribution in [0.3, 0.4) is 0 Å². The molecule has 1 aromatic heterocycles. The Morgan fingerprint density at radius 2 is 1.62 bits per heavy atom. The molecule has 0 aliphatic heterocycles. The summed E-state index contributed by atoms with van der Waals surface area (Å²) >= 11 is 0. The molecule has 2 unspecified atom stereocenters. The van der Waals surface area contributed by atoms with Gasteiger partial charge < -0.3 is 14.6 Å². The van der Waals surface area contributed by atoms with Crippen LogP contribution in [-0.2, 0) is 11.2 Å². The van der Waals surface area contributed by atoms with Gasteiger partial charge in [-0.15, -0.1) is 5.75 Å². The van der Waals surface area contributed by atoms with E-state index in [0.29, 0.717) is 0 Å². The van der Waals surface area contributed by atoms with Gasteiger partial charge >= 0.3 is 29.6 Å². The second-order valence-corrected chi connectivity index (χ2v) is 9.00. The van der Waals surface area contributed by atoms with Crippen molar-refractivity contribution in [2.24, 2.45) is 5.92 Å². The maximum absolute atomic E-state index is 12.1. The SMILES string of the molecule is CC(=O)O.Cc1c([O-])cccc1CC1C=CCCC1c1nc(-c2ccccc2)c(-c2ccccc2)o1.[Na+]. The summed E-state index contributed by atoms with van der Waals surface area (Å²) in [7, 11) is 0. The summed E-state index contributed by atoms with van der Waals surface area (Å²) in [6.45, 7) is 3.01. The Balaban J connectivity index is 0.000000711. The van der Waals surface area contributed by atoms with Crippen molar-refractivity contribution in [3.8, 4) is 28.3 Å². The number of carbonyl (C=O) groups is 1. The van der Waals surface area contributed by atoms with Gasteiger partial charge in [-0.25, -0.2) is 4.98 Å². The number of carboxylic acids is 1. The molecule has 5 nitrogen and oxygen atoms in total. The fourth-order valence-corrected chi connectivity index (χ4v) is 4.62. The first kappa shape index (κ1) is 28.5. The number of aromatic nitrogens is 1. The standard InChI is InChI=1S/C29H27NO2.C2H4O2.Na/c1-20-23(16-10-18-26(20)31)19-24-15-8-9-17-25(24)29-30-27(21-11-4-2-5-12-21)28(32-29)22-13-6-3-7-14-22;1-2(3)4;/h2-8,10-16,18,24-25,31H,9,17,19H2,1H3;1H3,(H,3,4);/q;;+1/p-1. The summed E-state index contributed by atoms with van der Waals surface area (Å²) < 4.78 is 6.51. The van der Waals surface area contributed by atoms with Gasteiger partial charge in [-0.3, -0.25) is 4.79 Å². The third-order valence-electron chi connectivity index (χ3n) is 6.44. The van der Waals surface area contributed by atoms with Crippen molar-refractivity contribution < 1.29 is 49.0 Å². The zero-order valence-corrected chi connectivity index (χ0v) is 23.6. The van der Waals surface area contributed by atoms with E-state index in [4.69, 9.17) is 19.3 Å². The largest absolute Gasteiger partial charge is 1.00 e. The van der Waals surface area contributed by atoms with Crippen LogP contribution in [0.4, 0.5) is 0 Å². The molecular formula is C31H30NNaO4. The fourth-order valence-electron chi connectivity index (χ4n) is 4.62. The second kappa shape index (κ2) is 13.4. The predicted molar refractivity (Wildman–Crippen MR) is 140 cm³/mol. The number of allylic oxidation sites excluding steroid dienone is 2. The molecule has 1 heterocycles. The Morgan fingerprint density at radius 3 is 2.27 bits per heavy atom. The van der Waals surface area contributed by atoms with Crippen LogP contribution in [0.1, 0.15) is 42.7 Å².